The summed E-state index contributed by atoms with van der Waals surface area (Å²) >= 11 is 1.13. The molecule has 0 saturated heterocycles. The van der Waals surface area contributed by atoms with Crippen molar-refractivity contribution in [3.8, 4) is 0 Å². The first-order valence-corrected chi connectivity index (χ1v) is 7.15. The zero-order chi connectivity index (χ0) is 13.0. The van der Waals surface area contributed by atoms with Gasteiger partial charge in [-0.1, -0.05) is 25.7 Å². The van der Waals surface area contributed by atoms with E-state index >= 15 is 0 Å². The highest BCUT2D eigenvalue weighted by Gasteiger charge is 2.17. The first-order valence-electron chi connectivity index (χ1n) is 6.27. The summed E-state index contributed by atoms with van der Waals surface area (Å²) < 4.78 is 0. The number of carbonyl (C=O) groups excluding carboxylic acids is 1. The molecule has 0 aromatic carbocycles. The van der Waals surface area contributed by atoms with E-state index in [2.05, 4.69) is 5.32 Å². The second-order valence-electron chi connectivity index (χ2n) is 4.71. The molecule has 98 valence electrons. The molecule has 1 fully saturated rings. The highest BCUT2D eigenvalue weighted by molar-refractivity contribution is 7.12. The summed E-state index contributed by atoms with van der Waals surface area (Å²) in [5.41, 5.74) is 0.420. The van der Waals surface area contributed by atoms with Crippen LogP contribution in [0.4, 0.5) is 5.69 Å². The van der Waals surface area contributed by atoms with Gasteiger partial charge >= 0.3 is 5.97 Å². The molecule has 5 heteroatoms. The first kappa shape index (κ1) is 13.1. The quantitative estimate of drug-likeness (QED) is 0.859. The third-order valence-corrected chi connectivity index (χ3v) is 4.29. The molecule has 1 heterocycles. The average Bonchev–Trinajstić information content (AvgIpc) is 2.96. The molecule has 1 saturated carbocycles. The second-order valence-corrected chi connectivity index (χ2v) is 5.62. The van der Waals surface area contributed by atoms with Crippen molar-refractivity contribution in [3.05, 3.63) is 16.3 Å². The summed E-state index contributed by atoms with van der Waals surface area (Å²) in [7, 11) is 0. The zero-order valence-electron chi connectivity index (χ0n) is 10.1. The van der Waals surface area contributed by atoms with E-state index in [9.17, 15) is 9.59 Å². The van der Waals surface area contributed by atoms with Gasteiger partial charge in [0.25, 0.3) is 0 Å². The number of hydrogen-bond acceptors (Lipinski definition) is 3. The maximum Gasteiger partial charge on any atom is 0.348 e. The Morgan fingerprint density at radius 2 is 2.11 bits per heavy atom. The van der Waals surface area contributed by atoms with E-state index in [4.69, 9.17) is 5.11 Å². The molecule has 0 radical (unpaired) electrons. The van der Waals surface area contributed by atoms with Gasteiger partial charge in [-0.25, -0.2) is 4.79 Å². The molecule has 1 aromatic rings. The topological polar surface area (TPSA) is 66.4 Å². The minimum absolute atomic E-state index is 0.0807. The van der Waals surface area contributed by atoms with Gasteiger partial charge in [0.05, 0.1) is 5.69 Å². The molecule has 4 nitrogen and oxygen atoms in total. The van der Waals surface area contributed by atoms with E-state index in [0.29, 0.717) is 18.0 Å². The molecule has 1 aliphatic carbocycles. The van der Waals surface area contributed by atoms with Crippen LogP contribution >= 0.6 is 11.3 Å². The Bertz CT molecular complexity index is 435. The minimum Gasteiger partial charge on any atom is -0.477 e. The van der Waals surface area contributed by atoms with Gasteiger partial charge in [0.2, 0.25) is 5.91 Å². The third kappa shape index (κ3) is 3.32. The van der Waals surface area contributed by atoms with E-state index < -0.39 is 5.97 Å². The standard InChI is InChI=1S/C13H17NO3S/c15-11(6-5-9-3-1-2-4-9)14-10-7-8-18-12(10)13(16)17/h7-9H,1-6H2,(H,14,15)(H,16,17). The van der Waals surface area contributed by atoms with Crippen LogP contribution in [0, 0.1) is 5.92 Å². The number of amides is 1. The molecule has 0 unspecified atom stereocenters. The molecule has 0 atom stereocenters. The molecule has 2 rings (SSSR count). The Labute approximate surface area is 110 Å². The molecule has 0 spiro atoms. The number of nitrogens with one attached hydrogen (secondary N) is 1. The van der Waals surface area contributed by atoms with Gasteiger partial charge in [-0.05, 0) is 23.8 Å². The Balaban J connectivity index is 1.82. The van der Waals surface area contributed by atoms with Crippen molar-refractivity contribution in [2.45, 2.75) is 38.5 Å². The molecule has 18 heavy (non-hydrogen) atoms. The van der Waals surface area contributed by atoms with Crippen molar-refractivity contribution >= 4 is 28.9 Å². The van der Waals surface area contributed by atoms with Gasteiger partial charge in [0.15, 0.2) is 0 Å². The monoisotopic (exact) mass is 267 g/mol. The van der Waals surface area contributed by atoms with Crippen molar-refractivity contribution < 1.29 is 14.7 Å². The van der Waals surface area contributed by atoms with Gasteiger partial charge in [0.1, 0.15) is 4.88 Å². The predicted molar refractivity (Wildman–Crippen MR) is 71.1 cm³/mol. The molecular formula is C13H17NO3S. The normalized spacial score (nSPS) is 15.8. The second kappa shape index (κ2) is 6.00. The smallest absolute Gasteiger partial charge is 0.348 e. The third-order valence-electron chi connectivity index (χ3n) is 3.39. The van der Waals surface area contributed by atoms with Crippen LogP contribution in [0.25, 0.3) is 0 Å². The van der Waals surface area contributed by atoms with Gasteiger partial charge in [-0.15, -0.1) is 11.3 Å². The van der Waals surface area contributed by atoms with Crippen molar-refractivity contribution in [1.29, 1.82) is 0 Å². The summed E-state index contributed by atoms with van der Waals surface area (Å²) in [6, 6.07) is 1.64. The van der Waals surface area contributed by atoms with Crippen LogP contribution in [-0.2, 0) is 4.79 Å². The maximum absolute atomic E-state index is 11.7. The van der Waals surface area contributed by atoms with Gasteiger partial charge in [-0.3, -0.25) is 4.79 Å². The fraction of sp³-hybridized carbons (Fsp3) is 0.538. The number of aromatic carboxylic acids is 1. The van der Waals surface area contributed by atoms with E-state index in [-0.39, 0.29) is 10.8 Å². The summed E-state index contributed by atoms with van der Waals surface area (Å²) in [5, 5.41) is 13.3. The number of thiophene rings is 1. The lowest BCUT2D eigenvalue weighted by Gasteiger charge is -2.08. The number of carbonyl (C=O) groups is 2. The van der Waals surface area contributed by atoms with Crippen LogP contribution in [0.3, 0.4) is 0 Å². The lowest BCUT2D eigenvalue weighted by atomic mass is 10.0. The van der Waals surface area contributed by atoms with Crippen LogP contribution in [0.5, 0.6) is 0 Å². The SMILES string of the molecule is O=C(CCC1CCCC1)Nc1ccsc1C(=O)O. The fourth-order valence-corrected chi connectivity index (χ4v) is 3.11. The van der Waals surface area contributed by atoms with Crippen LogP contribution in [0.1, 0.15) is 48.2 Å². The fourth-order valence-electron chi connectivity index (χ4n) is 2.42. The molecule has 1 amide bonds. The summed E-state index contributed by atoms with van der Waals surface area (Å²) in [5.74, 6) is -0.393. The van der Waals surface area contributed by atoms with Crippen molar-refractivity contribution in [1.82, 2.24) is 0 Å². The Morgan fingerprint density at radius 1 is 1.39 bits per heavy atom. The van der Waals surface area contributed by atoms with E-state index in [1.165, 1.54) is 25.7 Å². The number of carboxylic acid groups (broad SMARTS) is 1. The van der Waals surface area contributed by atoms with Crippen LogP contribution in [0.15, 0.2) is 11.4 Å². The lowest BCUT2D eigenvalue weighted by Crippen LogP contribution is -2.14. The van der Waals surface area contributed by atoms with Crippen molar-refractivity contribution in [3.63, 3.8) is 0 Å². The molecule has 0 bridgehead atoms. The summed E-state index contributed by atoms with van der Waals surface area (Å²) in [6.07, 6.45) is 6.41. The Morgan fingerprint density at radius 3 is 2.78 bits per heavy atom. The molecule has 0 aliphatic heterocycles. The average molecular weight is 267 g/mol. The molecular weight excluding hydrogens is 250 g/mol. The zero-order valence-corrected chi connectivity index (χ0v) is 11.0. The van der Waals surface area contributed by atoms with Gasteiger partial charge in [0, 0.05) is 6.42 Å². The maximum atomic E-state index is 11.7. The highest BCUT2D eigenvalue weighted by atomic mass is 32.1. The molecule has 1 aliphatic rings. The number of hydrogen-bond donors (Lipinski definition) is 2. The van der Waals surface area contributed by atoms with Crippen molar-refractivity contribution in [2.75, 3.05) is 5.32 Å². The number of anilines is 1. The number of rotatable bonds is 5. The first-order chi connectivity index (χ1) is 8.66. The van der Waals surface area contributed by atoms with E-state index in [1.807, 2.05) is 0 Å². The number of carboxylic acids is 1. The summed E-state index contributed by atoms with van der Waals surface area (Å²) in [4.78, 5) is 22.8. The van der Waals surface area contributed by atoms with Crippen LogP contribution < -0.4 is 5.32 Å². The predicted octanol–water partition coefficient (Wildman–Crippen LogP) is 3.36. The van der Waals surface area contributed by atoms with Gasteiger partial charge < -0.3 is 10.4 Å². The van der Waals surface area contributed by atoms with Crippen LogP contribution in [-0.4, -0.2) is 17.0 Å². The lowest BCUT2D eigenvalue weighted by molar-refractivity contribution is -0.116. The van der Waals surface area contributed by atoms with E-state index in [0.717, 1.165) is 17.8 Å². The van der Waals surface area contributed by atoms with Gasteiger partial charge in [-0.2, -0.15) is 0 Å². The van der Waals surface area contributed by atoms with Crippen LogP contribution in [0.2, 0.25) is 0 Å². The molecule has 1 aromatic heterocycles. The minimum atomic E-state index is -0.990. The largest absolute Gasteiger partial charge is 0.477 e. The Hall–Kier alpha value is -1.36. The highest BCUT2D eigenvalue weighted by Crippen LogP contribution is 2.29. The van der Waals surface area contributed by atoms with E-state index in [1.54, 1.807) is 11.4 Å². The Kier molecular flexibility index (Phi) is 4.36. The molecule has 2 N–H and O–H groups in total. The summed E-state index contributed by atoms with van der Waals surface area (Å²) in [6.45, 7) is 0. The van der Waals surface area contributed by atoms with Crippen molar-refractivity contribution in [2.24, 2.45) is 5.92 Å².